The molecule has 0 unspecified atom stereocenters. The van der Waals surface area contributed by atoms with Gasteiger partial charge in [-0.05, 0) is 37.5 Å². The lowest BCUT2D eigenvalue weighted by Gasteiger charge is -2.31. The van der Waals surface area contributed by atoms with Crippen LogP contribution < -0.4 is 21.1 Å². The normalized spacial score (nSPS) is 15.6. The summed E-state index contributed by atoms with van der Waals surface area (Å²) < 4.78 is 5.45. The molecule has 1 aliphatic rings. The molecular weight excluding hydrogens is 342 g/mol. The van der Waals surface area contributed by atoms with Crippen LogP contribution in [0, 0.1) is 0 Å². The zero-order valence-corrected chi connectivity index (χ0v) is 15.5. The summed E-state index contributed by atoms with van der Waals surface area (Å²) in [6.07, 6.45) is 4.65. The minimum atomic E-state index is -0.732. The van der Waals surface area contributed by atoms with Gasteiger partial charge in [-0.15, -0.1) is 12.4 Å². The van der Waals surface area contributed by atoms with Crippen LogP contribution in [0.1, 0.15) is 44.6 Å². The molecule has 7 heteroatoms. The van der Waals surface area contributed by atoms with Crippen LogP contribution in [0.3, 0.4) is 0 Å². The van der Waals surface area contributed by atoms with Crippen LogP contribution in [-0.2, 0) is 16.1 Å². The fraction of sp³-hybridized carbons (Fsp3) is 0.556. The van der Waals surface area contributed by atoms with Gasteiger partial charge in [-0.2, -0.15) is 0 Å². The number of hydrogen-bond donors (Lipinski definition) is 3. The van der Waals surface area contributed by atoms with Gasteiger partial charge in [0.1, 0.15) is 5.75 Å². The first-order valence-electron chi connectivity index (χ1n) is 8.59. The molecule has 1 aliphatic carbocycles. The van der Waals surface area contributed by atoms with Crippen molar-refractivity contribution in [2.45, 2.75) is 51.1 Å². The highest BCUT2D eigenvalue weighted by Crippen LogP contribution is 2.26. The first kappa shape index (κ1) is 21.3. The third-order valence-corrected chi connectivity index (χ3v) is 4.29. The number of carbonyl (C=O) groups excluding carboxylic acids is 2. The summed E-state index contributed by atoms with van der Waals surface area (Å²) in [4.78, 5) is 23.8. The van der Waals surface area contributed by atoms with E-state index in [4.69, 9.17) is 10.5 Å². The van der Waals surface area contributed by atoms with Gasteiger partial charge < -0.3 is 21.1 Å². The van der Waals surface area contributed by atoms with E-state index in [-0.39, 0.29) is 30.8 Å². The van der Waals surface area contributed by atoms with Gasteiger partial charge in [0.05, 0.1) is 5.54 Å². The zero-order valence-electron chi connectivity index (χ0n) is 14.7. The average Bonchev–Trinajstić information content (AvgIpc) is 2.59. The lowest BCUT2D eigenvalue weighted by Crippen LogP contribution is -2.54. The predicted octanol–water partition coefficient (Wildman–Crippen LogP) is 1.90. The highest BCUT2D eigenvalue weighted by Gasteiger charge is 2.34. The topological polar surface area (TPSA) is 93.5 Å². The van der Waals surface area contributed by atoms with Gasteiger partial charge in [0, 0.05) is 13.1 Å². The third-order valence-electron chi connectivity index (χ3n) is 4.29. The van der Waals surface area contributed by atoms with E-state index in [1.54, 1.807) is 6.07 Å². The summed E-state index contributed by atoms with van der Waals surface area (Å²) in [5, 5.41) is 5.60. The standard InChI is InChI=1S/C18H27N3O3.ClH/c1-2-20-16(22)13-24-15-8-6-7-14(11-15)12-21-17(23)18(19)9-4-3-5-10-18;/h6-8,11H,2-5,9-10,12-13,19H2,1H3,(H,20,22)(H,21,23);1H. The fourth-order valence-corrected chi connectivity index (χ4v) is 2.91. The number of ether oxygens (including phenoxy) is 1. The van der Waals surface area contributed by atoms with E-state index >= 15 is 0 Å². The number of nitrogens with one attached hydrogen (secondary N) is 2. The summed E-state index contributed by atoms with van der Waals surface area (Å²) in [5.74, 6) is 0.363. The average molecular weight is 370 g/mol. The van der Waals surface area contributed by atoms with E-state index in [0.29, 0.717) is 18.8 Å². The lowest BCUT2D eigenvalue weighted by molar-refractivity contribution is -0.127. The van der Waals surface area contributed by atoms with Gasteiger partial charge in [0.15, 0.2) is 6.61 Å². The number of likely N-dealkylation sites (N-methyl/N-ethyl adjacent to an activating group) is 1. The van der Waals surface area contributed by atoms with Crippen LogP contribution in [0.5, 0.6) is 5.75 Å². The Kier molecular flexibility index (Phi) is 8.72. The molecule has 2 rings (SSSR count). The molecule has 0 heterocycles. The third kappa shape index (κ3) is 6.55. The quantitative estimate of drug-likeness (QED) is 0.684. The van der Waals surface area contributed by atoms with Crippen molar-refractivity contribution in [1.29, 1.82) is 0 Å². The van der Waals surface area contributed by atoms with E-state index in [0.717, 1.165) is 37.7 Å². The Balaban J connectivity index is 0.00000312. The molecule has 1 saturated carbocycles. The molecule has 4 N–H and O–H groups in total. The molecule has 140 valence electrons. The van der Waals surface area contributed by atoms with Gasteiger partial charge >= 0.3 is 0 Å². The maximum atomic E-state index is 12.3. The molecule has 0 saturated heterocycles. The van der Waals surface area contributed by atoms with Crippen molar-refractivity contribution in [3.05, 3.63) is 29.8 Å². The highest BCUT2D eigenvalue weighted by molar-refractivity contribution is 5.86. The molecule has 25 heavy (non-hydrogen) atoms. The van der Waals surface area contributed by atoms with Crippen LogP contribution >= 0.6 is 12.4 Å². The van der Waals surface area contributed by atoms with Crippen LogP contribution in [-0.4, -0.2) is 30.5 Å². The maximum absolute atomic E-state index is 12.3. The zero-order chi connectivity index (χ0) is 17.4. The predicted molar refractivity (Wildman–Crippen MR) is 99.7 cm³/mol. The minimum Gasteiger partial charge on any atom is -0.484 e. The molecule has 0 aromatic heterocycles. The summed E-state index contributed by atoms with van der Waals surface area (Å²) in [7, 11) is 0. The molecule has 1 fully saturated rings. The molecular formula is C18H28ClN3O3. The maximum Gasteiger partial charge on any atom is 0.257 e. The van der Waals surface area contributed by atoms with E-state index in [9.17, 15) is 9.59 Å². The Morgan fingerprint density at radius 2 is 1.92 bits per heavy atom. The summed E-state index contributed by atoms with van der Waals surface area (Å²) in [5.41, 5.74) is 6.41. The van der Waals surface area contributed by atoms with E-state index in [1.807, 2.05) is 25.1 Å². The van der Waals surface area contributed by atoms with Gasteiger partial charge in [-0.1, -0.05) is 31.4 Å². The minimum absolute atomic E-state index is 0. The van der Waals surface area contributed by atoms with E-state index in [1.165, 1.54) is 0 Å². The van der Waals surface area contributed by atoms with Gasteiger partial charge in [-0.3, -0.25) is 9.59 Å². The molecule has 2 amide bonds. The van der Waals surface area contributed by atoms with E-state index < -0.39 is 5.54 Å². The fourth-order valence-electron chi connectivity index (χ4n) is 2.91. The smallest absolute Gasteiger partial charge is 0.257 e. The Morgan fingerprint density at radius 1 is 1.20 bits per heavy atom. The molecule has 0 aliphatic heterocycles. The van der Waals surface area contributed by atoms with Crippen molar-refractivity contribution in [3.8, 4) is 5.75 Å². The molecule has 0 bridgehead atoms. The van der Waals surface area contributed by atoms with Gasteiger partial charge in [0.25, 0.3) is 5.91 Å². The second kappa shape index (κ2) is 10.3. The van der Waals surface area contributed by atoms with Gasteiger partial charge in [0.2, 0.25) is 5.91 Å². The summed E-state index contributed by atoms with van der Waals surface area (Å²) in [6.45, 7) is 2.82. The van der Waals surface area contributed by atoms with Crippen molar-refractivity contribution in [3.63, 3.8) is 0 Å². The van der Waals surface area contributed by atoms with Crippen LogP contribution in [0.2, 0.25) is 0 Å². The molecule has 0 radical (unpaired) electrons. The molecule has 0 atom stereocenters. The number of benzene rings is 1. The molecule has 1 aromatic carbocycles. The van der Waals surface area contributed by atoms with Crippen LogP contribution in [0.4, 0.5) is 0 Å². The molecule has 6 nitrogen and oxygen atoms in total. The summed E-state index contributed by atoms with van der Waals surface area (Å²) >= 11 is 0. The second-order valence-corrected chi connectivity index (χ2v) is 6.29. The largest absolute Gasteiger partial charge is 0.484 e. The monoisotopic (exact) mass is 369 g/mol. The van der Waals surface area contributed by atoms with Crippen LogP contribution in [0.25, 0.3) is 0 Å². The molecule has 0 spiro atoms. The number of rotatable bonds is 7. The van der Waals surface area contributed by atoms with Crippen molar-refractivity contribution < 1.29 is 14.3 Å². The van der Waals surface area contributed by atoms with Crippen LogP contribution in [0.15, 0.2) is 24.3 Å². The van der Waals surface area contributed by atoms with Crippen molar-refractivity contribution in [1.82, 2.24) is 10.6 Å². The Hall–Kier alpha value is -1.79. The SMILES string of the molecule is CCNC(=O)COc1cccc(CNC(=O)C2(N)CCCCC2)c1.Cl. The van der Waals surface area contributed by atoms with E-state index in [2.05, 4.69) is 10.6 Å². The first-order chi connectivity index (χ1) is 11.5. The second-order valence-electron chi connectivity index (χ2n) is 6.29. The Bertz CT molecular complexity index is 574. The highest BCUT2D eigenvalue weighted by atomic mass is 35.5. The number of halogens is 1. The number of hydrogen-bond acceptors (Lipinski definition) is 4. The van der Waals surface area contributed by atoms with Crippen molar-refractivity contribution >= 4 is 24.2 Å². The lowest BCUT2D eigenvalue weighted by atomic mass is 9.82. The number of amides is 2. The first-order valence-corrected chi connectivity index (χ1v) is 8.59. The summed E-state index contributed by atoms with van der Waals surface area (Å²) in [6, 6.07) is 7.36. The number of carbonyl (C=O) groups is 2. The van der Waals surface area contributed by atoms with Crippen molar-refractivity contribution in [2.24, 2.45) is 5.73 Å². The Morgan fingerprint density at radius 3 is 2.60 bits per heavy atom. The van der Waals surface area contributed by atoms with Crippen molar-refractivity contribution in [2.75, 3.05) is 13.2 Å². The van der Waals surface area contributed by atoms with Gasteiger partial charge in [-0.25, -0.2) is 0 Å². The number of nitrogens with two attached hydrogens (primary N) is 1. The molecule has 1 aromatic rings. The Labute approximate surface area is 155 Å².